The predicted molar refractivity (Wildman–Crippen MR) is 99.8 cm³/mol. The molecule has 0 saturated heterocycles. The number of nitrogens with zero attached hydrogens (tertiary/aromatic N) is 3. The number of ether oxygens (including phenoxy) is 1. The Labute approximate surface area is 158 Å². The van der Waals surface area contributed by atoms with Crippen molar-refractivity contribution in [3.05, 3.63) is 46.2 Å². The van der Waals surface area contributed by atoms with E-state index in [1.54, 1.807) is 6.20 Å². The number of hydrogen-bond donors (Lipinski definition) is 1. The van der Waals surface area contributed by atoms with Gasteiger partial charge in [-0.1, -0.05) is 11.3 Å². The van der Waals surface area contributed by atoms with E-state index < -0.39 is 0 Å². The molecular weight excluding hydrogens is 368 g/mol. The van der Waals surface area contributed by atoms with Crippen LogP contribution in [-0.4, -0.2) is 21.8 Å². The number of pyridine rings is 1. The largest absolute Gasteiger partial charge is 0.444 e. The van der Waals surface area contributed by atoms with Crippen LogP contribution in [0.4, 0.5) is 0 Å². The van der Waals surface area contributed by atoms with Gasteiger partial charge in [0.15, 0.2) is 5.06 Å². The summed E-state index contributed by atoms with van der Waals surface area (Å²) in [6.45, 7) is 1.86. The number of amides is 1. The third-order valence-electron chi connectivity index (χ3n) is 4.19. The Bertz CT molecular complexity index is 1030. The van der Waals surface area contributed by atoms with Crippen LogP contribution in [0, 0.1) is 18.3 Å². The number of nitrogens with one attached hydrogen (secondary N) is 1. The molecule has 0 aromatic carbocycles. The van der Waals surface area contributed by atoms with Crippen molar-refractivity contribution >= 4 is 28.8 Å². The lowest BCUT2D eigenvalue weighted by Gasteiger charge is -2.14. The number of hydrogen-bond acceptors (Lipinski definition) is 7. The summed E-state index contributed by atoms with van der Waals surface area (Å²) >= 11 is 2.73. The lowest BCUT2D eigenvalue weighted by molar-refractivity contribution is 0.0961. The number of aryl methyl sites for hydroxylation is 2. The third-order valence-corrected chi connectivity index (χ3v) is 6.15. The molecule has 3 aromatic rings. The number of thiophene rings is 1. The Morgan fingerprint density at radius 2 is 2.35 bits per heavy atom. The average molecular weight is 382 g/mol. The van der Waals surface area contributed by atoms with Crippen LogP contribution < -0.4 is 10.1 Å². The molecule has 0 aliphatic heterocycles. The Morgan fingerprint density at radius 3 is 3.15 bits per heavy atom. The number of nitriles is 1. The monoisotopic (exact) mass is 382 g/mol. The van der Waals surface area contributed by atoms with Crippen LogP contribution in [0.5, 0.6) is 10.8 Å². The normalized spacial score (nSPS) is 12.0. The summed E-state index contributed by atoms with van der Waals surface area (Å²) in [6, 6.07) is 5.62. The molecule has 0 fully saturated rings. The zero-order valence-electron chi connectivity index (χ0n) is 13.9. The second-order valence-corrected chi connectivity index (χ2v) is 7.57. The van der Waals surface area contributed by atoms with Crippen LogP contribution in [0.15, 0.2) is 24.5 Å². The lowest BCUT2D eigenvalue weighted by Crippen LogP contribution is -2.23. The van der Waals surface area contributed by atoms with E-state index >= 15 is 0 Å². The zero-order chi connectivity index (χ0) is 18.1. The maximum atomic E-state index is 12.5. The Morgan fingerprint density at radius 1 is 1.46 bits per heavy atom. The standard InChI is InChI=1S/C18H14N4O2S2/c1-10-13(3-2-7-20-10)24-18-14-12(5-4-11-9-22-26-15(11)14)16(25-18)17(23)21-8-6-19/h2-3,7,9H,4-5,8H2,1H3,(H,21,23). The summed E-state index contributed by atoms with van der Waals surface area (Å²) in [5.74, 6) is 0.427. The van der Waals surface area contributed by atoms with Gasteiger partial charge in [0.05, 0.1) is 27.1 Å². The molecule has 4 rings (SSSR count). The van der Waals surface area contributed by atoms with Gasteiger partial charge in [0, 0.05) is 12.4 Å². The highest BCUT2D eigenvalue weighted by Gasteiger charge is 2.30. The van der Waals surface area contributed by atoms with Gasteiger partial charge >= 0.3 is 0 Å². The Kier molecular flexibility index (Phi) is 4.41. The van der Waals surface area contributed by atoms with Crippen molar-refractivity contribution in [3.8, 4) is 27.3 Å². The molecule has 0 unspecified atom stereocenters. The highest BCUT2D eigenvalue weighted by Crippen LogP contribution is 2.50. The maximum absolute atomic E-state index is 12.5. The summed E-state index contributed by atoms with van der Waals surface area (Å²) in [6.07, 6.45) is 5.20. The van der Waals surface area contributed by atoms with Crippen molar-refractivity contribution in [1.82, 2.24) is 14.7 Å². The van der Waals surface area contributed by atoms with Gasteiger partial charge in [0.2, 0.25) is 0 Å². The molecule has 8 heteroatoms. The van der Waals surface area contributed by atoms with Crippen molar-refractivity contribution in [2.24, 2.45) is 0 Å². The van der Waals surface area contributed by atoms with Gasteiger partial charge in [-0.15, -0.1) is 0 Å². The fraction of sp³-hybridized carbons (Fsp3) is 0.222. The van der Waals surface area contributed by atoms with Crippen molar-refractivity contribution in [3.63, 3.8) is 0 Å². The van der Waals surface area contributed by atoms with Gasteiger partial charge in [-0.25, -0.2) is 4.37 Å². The minimum Gasteiger partial charge on any atom is -0.444 e. The molecule has 130 valence electrons. The van der Waals surface area contributed by atoms with Crippen molar-refractivity contribution in [1.29, 1.82) is 5.26 Å². The zero-order valence-corrected chi connectivity index (χ0v) is 15.5. The SMILES string of the molecule is Cc1ncccc1Oc1sc(C(=O)NCC#N)c2c1-c1sncc1CC2. The first-order chi connectivity index (χ1) is 12.7. The topological polar surface area (TPSA) is 87.9 Å². The van der Waals surface area contributed by atoms with E-state index in [1.165, 1.54) is 28.4 Å². The van der Waals surface area contributed by atoms with Gasteiger partial charge in [-0.05, 0) is 54.6 Å². The summed E-state index contributed by atoms with van der Waals surface area (Å²) < 4.78 is 10.5. The van der Waals surface area contributed by atoms with Crippen LogP contribution in [0.25, 0.3) is 10.4 Å². The number of rotatable bonds is 4. The van der Waals surface area contributed by atoms with Crippen LogP contribution in [0.1, 0.15) is 26.5 Å². The molecule has 1 aliphatic carbocycles. The van der Waals surface area contributed by atoms with Gasteiger partial charge in [-0.3, -0.25) is 9.78 Å². The van der Waals surface area contributed by atoms with Crippen LogP contribution in [0.3, 0.4) is 0 Å². The second-order valence-electron chi connectivity index (χ2n) is 5.78. The first-order valence-corrected chi connectivity index (χ1v) is 9.62. The predicted octanol–water partition coefficient (Wildman–Crippen LogP) is 3.72. The molecule has 3 heterocycles. The minimum atomic E-state index is -0.237. The smallest absolute Gasteiger partial charge is 0.262 e. The summed E-state index contributed by atoms with van der Waals surface area (Å²) in [5, 5.41) is 12.0. The maximum Gasteiger partial charge on any atom is 0.262 e. The Balaban J connectivity index is 1.82. The molecule has 0 atom stereocenters. The fourth-order valence-electron chi connectivity index (χ4n) is 2.95. The molecule has 0 saturated carbocycles. The van der Waals surface area contributed by atoms with Crippen molar-refractivity contribution < 1.29 is 9.53 Å². The van der Waals surface area contributed by atoms with Crippen LogP contribution >= 0.6 is 22.9 Å². The number of carbonyl (C=O) groups is 1. The summed E-state index contributed by atoms with van der Waals surface area (Å²) in [5.41, 5.74) is 3.88. The molecule has 3 aromatic heterocycles. The lowest BCUT2D eigenvalue weighted by atomic mass is 9.93. The van der Waals surface area contributed by atoms with E-state index in [0.717, 1.165) is 34.5 Å². The van der Waals surface area contributed by atoms with E-state index in [2.05, 4.69) is 14.7 Å². The third kappa shape index (κ3) is 2.85. The Hall–Kier alpha value is -2.76. The van der Waals surface area contributed by atoms with Gasteiger partial charge < -0.3 is 10.1 Å². The van der Waals surface area contributed by atoms with E-state index in [0.29, 0.717) is 15.7 Å². The molecule has 6 nitrogen and oxygen atoms in total. The van der Waals surface area contributed by atoms with Gasteiger partial charge in [0.25, 0.3) is 5.91 Å². The molecule has 1 amide bonds. The number of carbonyl (C=O) groups excluding carboxylic acids is 1. The van der Waals surface area contributed by atoms with Crippen LogP contribution in [0.2, 0.25) is 0 Å². The van der Waals surface area contributed by atoms with Crippen molar-refractivity contribution in [2.75, 3.05) is 6.54 Å². The van der Waals surface area contributed by atoms with Gasteiger partial charge in [0.1, 0.15) is 12.3 Å². The van der Waals surface area contributed by atoms with Crippen LogP contribution in [-0.2, 0) is 12.8 Å². The number of fused-ring (bicyclic) bond motifs is 3. The quantitative estimate of drug-likeness (QED) is 0.695. The molecule has 0 spiro atoms. The summed E-state index contributed by atoms with van der Waals surface area (Å²) in [4.78, 5) is 18.4. The molecular formula is C18H14N4O2S2. The molecule has 0 bridgehead atoms. The highest BCUT2D eigenvalue weighted by molar-refractivity contribution is 7.17. The molecule has 0 radical (unpaired) electrons. The highest BCUT2D eigenvalue weighted by atomic mass is 32.1. The molecule has 1 aliphatic rings. The average Bonchev–Trinajstić information content (AvgIpc) is 3.26. The van der Waals surface area contributed by atoms with Gasteiger partial charge in [-0.2, -0.15) is 5.26 Å². The number of aromatic nitrogens is 2. The second kappa shape index (κ2) is 6.86. The van der Waals surface area contributed by atoms with E-state index in [-0.39, 0.29) is 12.5 Å². The fourth-order valence-corrected chi connectivity index (χ4v) is 5.01. The van der Waals surface area contributed by atoms with E-state index in [4.69, 9.17) is 10.00 Å². The first-order valence-electron chi connectivity index (χ1n) is 8.03. The first kappa shape index (κ1) is 16.7. The van der Waals surface area contributed by atoms with E-state index in [1.807, 2.05) is 31.3 Å². The van der Waals surface area contributed by atoms with E-state index in [9.17, 15) is 4.79 Å². The van der Waals surface area contributed by atoms with Crippen molar-refractivity contribution in [2.45, 2.75) is 19.8 Å². The molecule has 26 heavy (non-hydrogen) atoms. The molecule has 1 N–H and O–H groups in total. The minimum absolute atomic E-state index is 0.0186. The summed E-state index contributed by atoms with van der Waals surface area (Å²) in [7, 11) is 0.